The minimum Gasteiger partial charge on any atom is -0.298 e. The first-order chi connectivity index (χ1) is 8.04. The number of carbonyl (C=O) groups is 1. The van der Waals surface area contributed by atoms with Crippen molar-refractivity contribution in [2.24, 2.45) is 0 Å². The number of hydrogen-bond donors (Lipinski definition) is 0. The van der Waals surface area contributed by atoms with Gasteiger partial charge in [0.15, 0.2) is 6.29 Å². The quantitative estimate of drug-likeness (QED) is 0.785. The molecule has 0 aliphatic heterocycles. The predicted molar refractivity (Wildman–Crippen MR) is 63.7 cm³/mol. The molecule has 0 saturated heterocycles. The summed E-state index contributed by atoms with van der Waals surface area (Å²) in [4.78, 5) is 10.8. The first-order valence-corrected chi connectivity index (χ1v) is 5.46. The van der Waals surface area contributed by atoms with Gasteiger partial charge in [0.05, 0.1) is 22.0 Å². The zero-order valence-corrected chi connectivity index (χ0v) is 10.3. The van der Waals surface area contributed by atoms with E-state index in [1.165, 1.54) is 16.8 Å². The minimum atomic E-state index is -0.568. The fourth-order valence-corrected chi connectivity index (χ4v) is 1.87. The third-order valence-electron chi connectivity index (χ3n) is 2.31. The van der Waals surface area contributed by atoms with Crippen molar-refractivity contribution in [3.63, 3.8) is 0 Å². The smallest absolute Gasteiger partial charge is 0.155 e. The van der Waals surface area contributed by atoms with Crippen LogP contribution in [0.1, 0.15) is 16.1 Å². The van der Waals surface area contributed by atoms with Crippen LogP contribution in [0.25, 0.3) is 5.69 Å². The number of benzene rings is 1. The van der Waals surface area contributed by atoms with Crippen molar-refractivity contribution in [1.82, 2.24) is 9.78 Å². The van der Waals surface area contributed by atoms with Crippen LogP contribution in [0, 0.1) is 12.7 Å². The molecule has 0 fully saturated rings. The van der Waals surface area contributed by atoms with Crippen molar-refractivity contribution in [1.29, 1.82) is 0 Å². The Kier molecular flexibility index (Phi) is 3.17. The summed E-state index contributed by atoms with van der Waals surface area (Å²) in [6.45, 7) is 1.65. The summed E-state index contributed by atoms with van der Waals surface area (Å²) in [5, 5.41) is 4.24. The molecule has 2 rings (SSSR count). The lowest BCUT2D eigenvalue weighted by molar-refractivity contribution is 0.112. The van der Waals surface area contributed by atoms with Crippen molar-refractivity contribution in [3.05, 3.63) is 45.4 Å². The van der Waals surface area contributed by atoms with E-state index in [2.05, 4.69) is 5.10 Å². The Bertz CT molecular complexity index is 595. The average Bonchev–Trinajstić information content (AvgIpc) is 2.58. The number of aryl methyl sites for hydroxylation is 1. The Morgan fingerprint density at radius 2 is 2.12 bits per heavy atom. The summed E-state index contributed by atoms with van der Waals surface area (Å²) in [7, 11) is 0. The van der Waals surface area contributed by atoms with Gasteiger partial charge in [0.2, 0.25) is 0 Å². The van der Waals surface area contributed by atoms with E-state index < -0.39 is 5.82 Å². The second-order valence-electron chi connectivity index (χ2n) is 3.42. The molecule has 0 N–H and O–H groups in total. The highest BCUT2D eigenvalue weighted by atomic mass is 35.5. The molecule has 0 aliphatic rings. The Labute approximate surface area is 107 Å². The lowest BCUT2D eigenvalue weighted by Gasteiger charge is -2.03. The zero-order valence-electron chi connectivity index (χ0n) is 8.75. The first-order valence-electron chi connectivity index (χ1n) is 4.70. The second kappa shape index (κ2) is 4.47. The molecular formula is C11H7Cl2FN2O. The maximum absolute atomic E-state index is 13.3. The van der Waals surface area contributed by atoms with Gasteiger partial charge in [-0.2, -0.15) is 5.10 Å². The summed E-state index contributed by atoms with van der Waals surface area (Å²) >= 11 is 11.5. The van der Waals surface area contributed by atoms with E-state index in [-0.39, 0.29) is 10.2 Å². The summed E-state index contributed by atoms with van der Waals surface area (Å²) in [5.74, 6) is -0.568. The minimum absolute atomic E-state index is 0.0179. The van der Waals surface area contributed by atoms with Crippen molar-refractivity contribution in [3.8, 4) is 5.69 Å². The lowest BCUT2D eigenvalue weighted by atomic mass is 10.3. The number of aromatic nitrogens is 2. The van der Waals surface area contributed by atoms with Gasteiger partial charge in [-0.3, -0.25) is 4.79 Å². The van der Waals surface area contributed by atoms with Gasteiger partial charge in [0.25, 0.3) is 0 Å². The molecule has 3 nitrogen and oxygen atoms in total. The van der Waals surface area contributed by atoms with E-state index >= 15 is 0 Å². The van der Waals surface area contributed by atoms with E-state index in [9.17, 15) is 9.18 Å². The topological polar surface area (TPSA) is 34.9 Å². The number of halogens is 3. The number of carbonyl (C=O) groups excluding carboxylic acids is 1. The number of nitrogens with zero attached hydrogens (tertiary/aromatic N) is 2. The van der Waals surface area contributed by atoms with Crippen LogP contribution in [-0.4, -0.2) is 16.1 Å². The molecule has 0 amide bonds. The van der Waals surface area contributed by atoms with E-state index in [1.54, 1.807) is 13.0 Å². The summed E-state index contributed by atoms with van der Waals surface area (Å²) < 4.78 is 14.6. The van der Waals surface area contributed by atoms with Crippen LogP contribution in [0.2, 0.25) is 10.2 Å². The predicted octanol–water partition coefficient (Wildman–Crippen LogP) is 3.44. The third kappa shape index (κ3) is 2.06. The Hall–Kier alpha value is -1.39. The van der Waals surface area contributed by atoms with Crippen LogP contribution in [0.3, 0.4) is 0 Å². The molecule has 0 radical (unpaired) electrons. The molecule has 0 spiro atoms. The molecule has 0 bridgehead atoms. The van der Waals surface area contributed by atoms with Gasteiger partial charge in [-0.1, -0.05) is 23.2 Å². The highest BCUT2D eigenvalue weighted by Gasteiger charge is 2.14. The van der Waals surface area contributed by atoms with E-state index in [4.69, 9.17) is 23.2 Å². The molecule has 2 aromatic rings. The SMILES string of the molecule is Cc1nn(-c2ccc(Cl)c(F)c2)c(Cl)c1C=O. The van der Waals surface area contributed by atoms with Crippen LogP contribution in [0.5, 0.6) is 0 Å². The molecule has 1 heterocycles. The van der Waals surface area contributed by atoms with Gasteiger partial charge in [0, 0.05) is 6.07 Å². The normalized spacial score (nSPS) is 10.6. The van der Waals surface area contributed by atoms with Crippen LogP contribution in [-0.2, 0) is 0 Å². The molecule has 0 atom stereocenters. The van der Waals surface area contributed by atoms with Gasteiger partial charge in [-0.15, -0.1) is 0 Å². The summed E-state index contributed by atoms with van der Waals surface area (Å²) in [6.07, 6.45) is 0.618. The molecule has 1 aromatic carbocycles. The van der Waals surface area contributed by atoms with Crippen molar-refractivity contribution >= 4 is 29.5 Å². The molecular weight excluding hydrogens is 266 g/mol. The number of aldehydes is 1. The van der Waals surface area contributed by atoms with Crippen LogP contribution in [0.4, 0.5) is 4.39 Å². The van der Waals surface area contributed by atoms with Crippen molar-refractivity contribution in [2.45, 2.75) is 6.92 Å². The van der Waals surface area contributed by atoms with Crippen LogP contribution >= 0.6 is 23.2 Å². The highest BCUT2D eigenvalue weighted by Crippen LogP contribution is 2.24. The zero-order chi connectivity index (χ0) is 12.6. The molecule has 17 heavy (non-hydrogen) atoms. The molecule has 6 heteroatoms. The van der Waals surface area contributed by atoms with E-state index in [1.807, 2.05) is 0 Å². The van der Waals surface area contributed by atoms with E-state index in [0.717, 1.165) is 0 Å². The monoisotopic (exact) mass is 272 g/mol. The van der Waals surface area contributed by atoms with Crippen molar-refractivity contribution in [2.75, 3.05) is 0 Å². The molecule has 0 aliphatic carbocycles. The Morgan fingerprint density at radius 3 is 2.65 bits per heavy atom. The molecule has 0 unspecified atom stereocenters. The number of rotatable bonds is 2. The maximum Gasteiger partial charge on any atom is 0.155 e. The lowest BCUT2D eigenvalue weighted by Crippen LogP contribution is -1.97. The van der Waals surface area contributed by atoms with Gasteiger partial charge >= 0.3 is 0 Å². The maximum atomic E-state index is 13.3. The fourth-order valence-electron chi connectivity index (χ4n) is 1.43. The van der Waals surface area contributed by atoms with Gasteiger partial charge in [0.1, 0.15) is 11.0 Å². The van der Waals surface area contributed by atoms with Crippen LogP contribution < -0.4 is 0 Å². The van der Waals surface area contributed by atoms with Gasteiger partial charge < -0.3 is 0 Å². The fraction of sp³-hybridized carbons (Fsp3) is 0.0909. The summed E-state index contributed by atoms with van der Waals surface area (Å²) in [5.41, 5.74) is 1.19. The third-order valence-corrected chi connectivity index (χ3v) is 2.98. The molecule has 88 valence electrons. The largest absolute Gasteiger partial charge is 0.298 e. The summed E-state index contributed by atoms with van der Waals surface area (Å²) in [6, 6.07) is 4.17. The van der Waals surface area contributed by atoms with Crippen molar-refractivity contribution < 1.29 is 9.18 Å². The van der Waals surface area contributed by atoms with Gasteiger partial charge in [-0.25, -0.2) is 9.07 Å². The highest BCUT2D eigenvalue weighted by molar-refractivity contribution is 6.32. The van der Waals surface area contributed by atoms with E-state index in [0.29, 0.717) is 23.2 Å². The average molecular weight is 273 g/mol. The second-order valence-corrected chi connectivity index (χ2v) is 4.18. The standard InChI is InChI=1S/C11H7Cl2FN2O/c1-6-8(5-17)11(13)16(15-6)7-2-3-9(12)10(14)4-7/h2-5H,1H3. The number of hydrogen-bond acceptors (Lipinski definition) is 2. The van der Waals surface area contributed by atoms with Crippen LogP contribution in [0.15, 0.2) is 18.2 Å². The molecule has 1 aromatic heterocycles. The van der Waals surface area contributed by atoms with Gasteiger partial charge in [-0.05, 0) is 19.1 Å². The first kappa shape index (κ1) is 12.1. The Morgan fingerprint density at radius 1 is 1.41 bits per heavy atom. The Balaban J connectivity index is 2.60. The molecule has 0 saturated carbocycles.